The molecule has 1 aromatic carbocycles. The highest BCUT2D eigenvalue weighted by Gasteiger charge is 2.05. The first-order valence-electron chi connectivity index (χ1n) is 6.83. The van der Waals surface area contributed by atoms with E-state index in [-0.39, 0.29) is 30.2 Å². The number of hydrogen-bond donors (Lipinski definition) is 1. The molecule has 6 heteroatoms. The van der Waals surface area contributed by atoms with E-state index in [1.165, 1.54) is 16.7 Å². The molecule has 0 bridgehead atoms. The predicted octanol–water partition coefficient (Wildman–Crippen LogP) is 2.76. The minimum absolute atomic E-state index is 0.156. The van der Waals surface area contributed by atoms with Crippen LogP contribution in [0.4, 0.5) is 4.39 Å². The maximum Gasteiger partial charge on any atom is 0.250 e. The van der Waals surface area contributed by atoms with E-state index in [4.69, 9.17) is 0 Å². The summed E-state index contributed by atoms with van der Waals surface area (Å²) in [5.41, 5.74) is 1.12. The van der Waals surface area contributed by atoms with Gasteiger partial charge in [-0.3, -0.25) is 9.59 Å². The predicted molar refractivity (Wildman–Crippen MR) is 86.0 cm³/mol. The molecule has 0 aliphatic carbocycles. The number of halogens is 2. The standard InChI is InChI=1S/C16H16BrFN2O2/c1-11-2-3-12(8-14(11)18)9-19-15(21)6-7-20-10-13(17)4-5-16(20)22/h2-5,8,10H,6-7,9H2,1H3,(H,19,21). The molecular weight excluding hydrogens is 351 g/mol. The lowest BCUT2D eigenvalue weighted by molar-refractivity contribution is -0.121. The SMILES string of the molecule is Cc1ccc(CNC(=O)CCn2cc(Br)ccc2=O)cc1F. The first-order valence-corrected chi connectivity index (χ1v) is 7.63. The van der Waals surface area contributed by atoms with Crippen molar-refractivity contribution in [1.29, 1.82) is 0 Å². The first kappa shape index (κ1) is 16.4. The van der Waals surface area contributed by atoms with E-state index < -0.39 is 0 Å². The Kier molecular flexibility index (Phi) is 5.49. The Balaban J connectivity index is 1.86. The van der Waals surface area contributed by atoms with Gasteiger partial charge in [-0.1, -0.05) is 12.1 Å². The number of aromatic nitrogens is 1. The molecule has 116 valence electrons. The molecule has 1 amide bonds. The summed E-state index contributed by atoms with van der Waals surface area (Å²) in [6, 6.07) is 7.96. The molecule has 0 radical (unpaired) electrons. The van der Waals surface area contributed by atoms with Crippen molar-refractivity contribution < 1.29 is 9.18 Å². The summed E-state index contributed by atoms with van der Waals surface area (Å²) in [7, 11) is 0. The number of amides is 1. The second kappa shape index (κ2) is 7.35. The lowest BCUT2D eigenvalue weighted by atomic mass is 10.1. The molecule has 0 saturated heterocycles. The topological polar surface area (TPSA) is 51.1 Å². The van der Waals surface area contributed by atoms with Crippen LogP contribution in [0.25, 0.3) is 0 Å². The third-order valence-corrected chi connectivity index (χ3v) is 3.72. The van der Waals surface area contributed by atoms with Gasteiger partial charge in [-0.2, -0.15) is 0 Å². The van der Waals surface area contributed by atoms with E-state index in [2.05, 4.69) is 21.2 Å². The van der Waals surface area contributed by atoms with Crippen LogP contribution in [-0.4, -0.2) is 10.5 Å². The summed E-state index contributed by atoms with van der Waals surface area (Å²) in [4.78, 5) is 23.4. The molecule has 1 N–H and O–H groups in total. The van der Waals surface area contributed by atoms with Gasteiger partial charge in [0.2, 0.25) is 5.91 Å². The average Bonchev–Trinajstić information content (AvgIpc) is 2.49. The Bertz CT molecular complexity index is 743. The molecule has 0 aliphatic heterocycles. The zero-order valence-electron chi connectivity index (χ0n) is 12.1. The monoisotopic (exact) mass is 366 g/mol. The van der Waals surface area contributed by atoms with Crippen LogP contribution in [0, 0.1) is 12.7 Å². The molecule has 0 unspecified atom stereocenters. The number of carbonyl (C=O) groups is 1. The largest absolute Gasteiger partial charge is 0.352 e. The Labute approximate surface area is 136 Å². The molecule has 0 fully saturated rings. The molecule has 22 heavy (non-hydrogen) atoms. The van der Waals surface area contributed by atoms with E-state index in [9.17, 15) is 14.0 Å². The van der Waals surface area contributed by atoms with Crippen molar-refractivity contribution >= 4 is 21.8 Å². The van der Waals surface area contributed by atoms with Gasteiger partial charge in [0.05, 0.1) is 0 Å². The minimum Gasteiger partial charge on any atom is -0.352 e. The van der Waals surface area contributed by atoms with E-state index in [0.717, 1.165) is 4.47 Å². The molecule has 1 aromatic heterocycles. The van der Waals surface area contributed by atoms with Crippen molar-refractivity contribution in [3.05, 3.63) is 68.3 Å². The van der Waals surface area contributed by atoms with Crippen LogP contribution in [0.1, 0.15) is 17.5 Å². The van der Waals surface area contributed by atoms with Crippen LogP contribution >= 0.6 is 15.9 Å². The maximum absolute atomic E-state index is 13.4. The minimum atomic E-state index is -0.285. The van der Waals surface area contributed by atoms with Gasteiger partial charge in [0, 0.05) is 36.2 Å². The summed E-state index contributed by atoms with van der Waals surface area (Å²) >= 11 is 3.28. The lowest BCUT2D eigenvalue weighted by Crippen LogP contribution is -2.26. The third kappa shape index (κ3) is 4.53. The quantitative estimate of drug-likeness (QED) is 0.884. The van der Waals surface area contributed by atoms with E-state index in [0.29, 0.717) is 17.7 Å². The van der Waals surface area contributed by atoms with Crippen LogP contribution in [0.2, 0.25) is 0 Å². The van der Waals surface area contributed by atoms with Crippen LogP contribution in [-0.2, 0) is 17.9 Å². The summed E-state index contributed by atoms with van der Waals surface area (Å²) < 4.78 is 15.6. The highest BCUT2D eigenvalue weighted by Crippen LogP contribution is 2.09. The van der Waals surface area contributed by atoms with E-state index >= 15 is 0 Å². The third-order valence-electron chi connectivity index (χ3n) is 3.25. The lowest BCUT2D eigenvalue weighted by Gasteiger charge is -2.08. The van der Waals surface area contributed by atoms with Crippen molar-refractivity contribution in [2.75, 3.05) is 0 Å². The van der Waals surface area contributed by atoms with Crippen molar-refractivity contribution in [2.24, 2.45) is 0 Å². The second-order valence-corrected chi connectivity index (χ2v) is 5.90. The number of pyridine rings is 1. The van der Waals surface area contributed by atoms with E-state index in [1.54, 1.807) is 31.3 Å². The van der Waals surface area contributed by atoms with Gasteiger partial charge >= 0.3 is 0 Å². The Morgan fingerprint density at radius 1 is 1.32 bits per heavy atom. The Morgan fingerprint density at radius 2 is 2.09 bits per heavy atom. The molecule has 0 saturated carbocycles. The van der Waals surface area contributed by atoms with Crippen molar-refractivity contribution in [1.82, 2.24) is 9.88 Å². The summed E-state index contributed by atoms with van der Waals surface area (Å²) in [6.45, 7) is 2.25. The Morgan fingerprint density at radius 3 is 2.82 bits per heavy atom. The summed E-state index contributed by atoms with van der Waals surface area (Å²) in [6.07, 6.45) is 1.83. The number of nitrogens with one attached hydrogen (secondary N) is 1. The average molecular weight is 367 g/mol. The Hall–Kier alpha value is -1.95. The fourth-order valence-corrected chi connectivity index (χ4v) is 2.31. The van der Waals surface area contributed by atoms with Crippen molar-refractivity contribution in [3.63, 3.8) is 0 Å². The molecule has 2 aromatic rings. The molecule has 1 heterocycles. The first-order chi connectivity index (χ1) is 10.5. The van der Waals surface area contributed by atoms with Gasteiger partial charge in [0.1, 0.15) is 5.82 Å². The number of aryl methyl sites for hydroxylation is 2. The maximum atomic E-state index is 13.4. The second-order valence-electron chi connectivity index (χ2n) is 4.99. The smallest absolute Gasteiger partial charge is 0.250 e. The van der Waals surface area contributed by atoms with Gasteiger partial charge in [-0.15, -0.1) is 0 Å². The summed E-state index contributed by atoms with van der Waals surface area (Å²) in [5.74, 6) is -0.472. The molecule has 0 spiro atoms. The molecular formula is C16H16BrFN2O2. The zero-order chi connectivity index (χ0) is 16.1. The highest BCUT2D eigenvalue weighted by molar-refractivity contribution is 9.10. The van der Waals surface area contributed by atoms with Crippen LogP contribution in [0.5, 0.6) is 0 Å². The number of nitrogens with zero attached hydrogens (tertiary/aromatic N) is 1. The number of carbonyl (C=O) groups excluding carboxylic acids is 1. The number of rotatable bonds is 5. The van der Waals surface area contributed by atoms with Crippen LogP contribution in [0.3, 0.4) is 0 Å². The van der Waals surface area contributed by atoms with Gasteiger partial charge in [0.15, 0.2) is 0 Å². The number of hydrogen-bond acceptors (Lipinski definition) is 2. The highest BCUT2D eigenvalue weighted by atomic mass is 79.9. The van der Waals surface area contributed by atoms with Gasteiger partial charge in [-0.05, 0) is 46.1 Å². The number of benzene rings is 1. The van der Waals surface area contributed by atoms with Crippen LogP contribution < -0.4 is 10.9 Å². The van der Waals surface area contributed by atoms with Gasteiger partial charge in [0.25, 0.3) is 5.56 Å². The van der Waals surface area contributed by atoms with Gasteiger partial charge < -0.3 is 9.88 Å². The molecule has 4 nitrogen and oxygen atoms in total. The molecule has 0 atom stereocenters. The normalized spacial score (nSPS) is 10.5. The fourth-order valence-electron chi connectivity index (χ4n) is 1.93. The summed E-state index contributed by atoms with van der Waals surface area (Å²) in [5, 5.41) is 2.72. The molecule has 2 rings (SSSR count). The van der Waals surface area contributed by atoms with Gasteiger partial charge in [-0.25, -0.2) is 4.39 Å². The zero-order valence-corrected chi connectivity index (χ0v) is 13.7. The van der Waals surface area contributed by atoms with Crippen molar-refractivity contribution in [3.8, 4) is 0 Å². The van der Waals surface area contributed by atoms with E-state index in [1.807, 2.05) is 0 Å². The van der Waals surface area contributed by atoms with Crippen LogP contribution in [0.15, 0.2) is 45.8 Å². The molecule has 0 aliphatic rings. The fraction of sp³-hybridized carbons (Fsp3) is 0.250. The van der Waals surface area contributed by atoms with Crippen molar-refractivity contribution in [2.45, 2.75) is 26.4 Å².